The van der Waals surface area contributed by atoms with Crippen molar-refractivity contribution in [2.75, 3.05) is 38.1 Å². The molecular formula is C16H25N3. The highest BCUT2D eigenvalue weighted by Gasteiger charge is 2.30. The van der Waals surface area contributed by atoms with Crippen molar-refractivity contribution in [1.29, 1.82) is 0 Å². The SMILES string of the molecule is CNCc1ccc(N2CCN3CCCC3C2)c(C)c1. The lowest BCUT2D eigenvalue weighted by atomic mass is 10.1. The van der Waals surface area contributed by atoms with Gasteiger partial charge in [0.25, 0.3) is 0 Å². The molecule has 3 nitrogen and oxygen atoms in total. The average Bonchev–Trinajstić information content (AvgIpc) is 2.86. The summed E-state index contributed by atoms with van der Waals surface area (Å²) in [6.45, 7) is 8.16. The maximum Gasteiger partial charge on any atom is 0.0397 e. The Morgan fingerprint density at radius 1 is 1.26 bits per heavy atom. The van der Waals surface area contributed by atoms with Crippen molar-refractivity contribution in [3.63, 3.8) is 0 Å². The standard InChI is InChI=1S/C16H25N3/c1-13-10-14(11-17-2)5-6-16(13)19-9-8-18-7-3-4-15(18)12-19/h5-6,10,15,17H,3-4,7-9,11-12H2,1-2H3. The van der Waals surface area contributed by atoms with Gasteiger partial charge in [-0.1, -0.05) is 12.1 Å². The van der Waals surface area contributed by atoms with E-state index in [0.717, 1.165) is 12.6 Å². The van der Waals surface area contributed by atoms with Crippen LogP contribution >= 0.6 is 0 Å². The van der Waals surface area contributed by atoms with Gasteiger partial charge in [-0.05, 0) is 50.6 Å². The molecule has 0 spiro atoms. The Morgan fingerprint density at radius 2 is 2.16 bits per heavy atom. The zero-order valence-corrected chi connectivity index (χ0v) is 12.2. The molecule has 0 aromatic heterocycles. The predicted octanol–water partition coefficient (Wildman–Crippen LogP) is 2.00. The zero-order valence-electron chi connectivity index (χ0n) is 12.2. The molecule has 0 saturated carbocycles. The van der Waals surface area contributed by atoms with E-state index in [9.17, 15) is 0 Å². The minimum atomic E-state index is 0.796. The number of rotatable bonds is 3. The van der Waals surface area contributed by atoms with Crippen LogP contribution in [0.1, 0.15) is 24.0 Å². The van der Waals surface area contributed by atoms with Crippen LogP contribution < -0.4 is 10.2 Å². The zero-order chi connectivity index (χ0) is 13.2. The Kier molecular flexibility index (Phi) is 3.76. The number of nitrogens with zero attached hydrogens (tertiary/aromatic N) is 2. The number of piperazine rings is 1. The molecule has 2 fully saturated rings. The maximum absolute atomic E-state index is 3.22. The first kappa shape index (κ1) is 12.9. The average molecular weight is 259 g/mol. The van der Waals surface area contributed by atoms with Gasteiger partial charge < -0.3 is 10.2 Å². The third kappa shape index (κ3) is 2.63. The molecule has 0 radical (unpaired) electrons. The quantitative estimate of drug-likeness (QED) is 0.895. The Hall–Kier alpha value is -1.06. The number of anilines is 1. The summed E-state index contributed by atoms with van der Waals surface area (Å²) in [5, 5.41) is 3.22. The molecule has 1 aromatic carbocycles. The molecule has 3 rings (SSSR count). The van der Waals surface area contributed by atoms with Crippen molar-refractivity contribution in [2.24, 2.45) is 0 Å². The Labute approximate surface area is 116 Å². The van der Waals surface area contributed by atoms with Crippen LogP contribution in [-0.4, -0.2) is 44.2 Å². The third-order valence-corrected chi connectivity index (χ3v) is 4.57. The van der Waals surface area contributed by atoms with E-state index in [4.69, 9.17) is 0 Å². The van der Waals surface area contributed by atoms with Crippen LogP contribution in [0.15, 0.2) is 18.2 Å². The van der Waals surface area contributed by atoms with Crippen LogP contribution in [0.25, 0.3) is 0 Å². The number of benzene rings is 1. The monoisotopic (exact) mass is 259 g/mol. The number of fused-ring (bicyclic) bond motifs is 1. The van der Waals surface area contributed by atoms with E-state index < -0.39 is 0 Å². The molecule has 1 N–H and O–H groups in total. The molecule has 1 unspecified atom stereocenters. The van der Waals surface area contributed by atoms with E-state index in [1.54, 1.807) is 0 Å². The summed E-state index contributed by atoms with van der Waals surface area (Å²) in [4.78, 5) is 5.26. The lowest BCUT2D eigenvalue weighted by molar-refractivity contribution is 0.231. The molecule has 2 heterocycles. The van der Waals surface area contributed by atoms with Gasteiger partial charge in [-0.3, -0.25) is 4.90 Å². The van der Waals surface area contributed by atoms with Gasteiger partial charge in [-0.25, -0.2) is 0 Å². The van der Waals surface area contributed by atoms with Crippen molar-refractivity contribution in [3.05, 3.63) is 29.3 Å². The number of aryl methyl sites for hydroxylation is 1. The van der Waals surface area contributed by atoms with Crippen LogP contribution in [0.2, 0.25) is 0 Å². The highest BCUT2D eigenvalue weighted by Crippen LogP contribution is 2.28. The second-order valence-electron chi connectivity index (χ2n) is 5.93. The van der Waals surface area contributed by atoms with Crippen LogP contribution in [0.5, 0.6) is 0 Å². The van der Waals surface area contributed by atoms with E-state index in [1.807, 2.05) is 7.05 Å². The van der Waals surface area contributed by atoms with Gasteiger partial charge >= 0.3 is 0 Å². The molecule has 19 heavy (non-hydrogen) atoms. The summed E-state index contributed by atoms with van der Waals surface area (Å²) in [5.41, 5.74) is 4.23. The lowest BCUT2D eigenvalue weighted by Gasteiger charge is -2.39. The molecule has 1 atom stereocenters. The summed E-state index contributed by atoms with van der Waals surface area (Å²) in [5.74, 6) is 0. The second-order valence-corrected chi connectivity index (χ2v) is 5.93. The van der Waals surface area contributed by atoms with E-state index >= 15 is 0 Å². The fourth-order valence-electron chi connectivity index (χ4n) is 3.60. The van der Waals surface area contributed by atoms with Gasteiger partial charge in [0.05, 0.1) is 0 Å². The first-order chi connectivity index (χ1) is 9.28. The topological polar surface area (TPSA) is 18.5 Å². The van der Waals surface area contributed by atoms with Gasteiger partial charge in [0, 0.05) is 37.9 Å². The van der Waals surface area contributed by atoms with E-state index in [0.29, 0.717) is 0 Å². The lowest BCUT2D eigenvalue weighted by Crippen LogP contribution is -2.50. The molecule has 104 valence electrons. The number of hydrogen-bond acceptors (Lipinski definition) is 3. The molecule has 1 aromatic rings. The highest BCUT2D eigenvalue weighted by atomic mass is 15.3. The molecular weight excluding hydrogens is 234 g/mol. The Bertz CT molecular complexity index is 444. The van der Waals surface area contributed by atoms with Crippen LogP contribution in [-0.2, 0) is 6.54 Å². The number of nitrogens with one attached hydrogen (secondary N) is 1. The maximum atomic E-state index is 3.22. The summed E-state index contributed by atoms with van der Waals surface area (Å²) in [6.07, 6.45) is 2.77. The van der Waals surface area contributed by atoms with Crippen molar-refractivity contribution >= 4 is 5.69 Å². The van der Waals surface area contributed by atoms with Crippen LogP contribution in [0.4, 0.5) is 5.69 Å². The molecule has 2 aliphatic heterocycles. The van der Waals surface area contributed by atoms with E-state index in [1.165, 1.54) is 55.8 Å². The summed E-state index contributed by atoms with van der Waals surface area (Å²) < 4.78 is 0. The minimum absolute atomic E-state index is 0.796. The van der Waals surface area contributed by atoms with Crippen molar-refractivity contribution in [3.8, 4) is 0 Å². The van der Waals surface area contributed by atoms with Crippen LogP contribution in [0.3, 0.4) is 0 Å². The normalized spacial score (nSPS) is 23.7. The summed E-state index contributed by atoms with van der Waals surface area (Å²) in [6, 6.07) is 7.70. The Balaban J connectivity index is 1.75. The van der Waals surface area contributed by atoms with Gasteiger partial charge in [0.1, 0.15) is 0 Å². The smallest absolute Gasteiger partial charge is 0.0397 e. The molecule has 0 bridgehead atoms. The summed E-state index contributed by atoms with van der Waals surface area (Å²) in [7, 11) is 2.00. The van der Waals surface area contributed by atoms with E-state index in [2.05, 4.69) is 40.2 Å². The first-order valence-electron chi connectivity index (χ1n) is 7.51. The minimum Gasteiger partial charge on any atom is -0.368 e. The summed E-state index contributed by atoms with van der Waals surface area (Å²) >= 11 is 0. The van der Waals surface area contributed by atoms with Gasteiger partial charge in [0.15, 0.2) is 0 Å². The van der Waals surface area contributed by atoms with Crippen molar-refractivity contribution in [1.82, 2.24) is 10.2 Å². The Morgan fingerprint density at radius 3 is 2.95 bits per heavy atom. The van der Waals surface area contributed by atoms with Gasteiger partial charge in [0.2, 0.25) is 0 Å². The highest BCUT2D eigenvalue weighted by molar-refractivity contribution is 5.55. The second kappa shape index (κ2) is 5.51. The predicted molar refractivity (Wildman–Crippen MR) is 80.8 cm³/mol. The largest absolute Gasteiger partial charge is 0.368 e. The third-order valence-electron chi connectivity index (χ3n) is 4.57. The van der Waals surface area contributed by atoms with E-state index in [-0.39, 0.29) is 0 Å². The number of hydrogen-bond donors (Lipinski definition) is 1. The van der Waals surface area contributed by atoms with Gasteiger partial charge in [-0.2, -0.15) is 0 Å². The molecule has 2 saturated heterocycles. The molecule has 0 amide bonds. The first-order valence-corrected chi connectivity index (χ1v) is 7.51. The van der Waals surface area contributed by atoms with Crippen LogP contribution in [0, 0.1) is 6.92 Å². The van der Waals surface area contributed by atoms with Crippen molar-refractivity contribution < 1.29 is 0 Å². The molecule has 3 heteroatoms. The van der Waals surface area contributed by atoms with Crippen molar-refractivity contribution in [2.45, 2.75) is 32.4 Å². The fourth-order valence-corrected chi connectivity index (χ4v) is 3.60. The molecule has 2 aliphatic rings. The molecule has 0 aliphatic carbocycles. The van der Waals surface area contributed by atoms with Gasteiger partial charge in [-0.15, -0.1) is 0 Å². The fraction of sp³-hybridized carbons (Fsp3) is 0.625.